The molecule has 1 aromatic carbocycles. The van der Waals surface area contributed by atoms with Gasteiger partial charge in [-0.3, -0.25) is 9.69 Å². The molecule has 2 fully saturated rings. The summed E-state index contributed by atoms with van der Waals surface area (Å²) in [5, 5.41) is 9.60. The smallest absolute Gasteiger partial charge is 0.308 e. The second-order valence-corrected chi connectivity index (χ2v) is 6.38. The van der Waals surface area contributed by atoms with Crippen LogP contribution in [0.4, 0.5) is 0 Å². The third-order valence-electron chi connectivity index (χ3n) is 5.07. The van der Waals surface area contributed by atoms with E-state index in [2.05, 4.69) is 4.90 Å². The first-order valence-corrected chi connectivity index (χ1v) is 7.79. The fourth-order valence-electron chi connectivity index (χ4n) is 3.81. The van der Waals surface area contributed by atoms with Crippen LogP contribution in [0.15, 0.2) is 24.3 Å². The van der Waals surface area contributed by atoms with Crippen molar-refractivity contribution in [2.24, 2.45) is 11.3 Å². The Kier molecular flexibility index (Phi) is 5.89. The summed E-state index contributed by atoms with van der Waals surface area (Å²) in [6, 6.07) is 7.99. The molecule has 1 aromatic rings. The van der Waals surface area contributed by atoms with Gasteiger partial charge in [-0.25, -0.2) is 0 Å². The van der Waals surface area contributed by atoms with Gasteiger partial charge in [0.15, 0.2) is 0 Å². The molecule has 0 aromatic heterocycles. The number of aliphatic carboxylic acids is 1. The number of methoxy groups -OCH3 is 1. The van der Waals surface area contributed by atoms with Crippen molar-refractivity contribution in [3.05, 3.63) is 29.8 Å². The highest BCUT2D eigenvalue weighted by Crippen LogP contribution is 2.44. The van der Waals surface area contributed by atoms with Crippen LogP contribution in [0.1, 0.15) is 18.4 Å². The first kappa shape index (κ1) is 18.0. The number of hydrogen-bond acceptors (Lipinski definition) is 4. The van der Waals surface area contributed by atoms with Crippen LogP contribution >= 0.6 is 12.4 Å². The molecule has 0 amide bonds. The predicted octanol–water partition coefficient (Wildman–Crippen LogP) is 2.43. The Morgan fingerprint density at radius 1 is 1.35 bits per heavy atom. The van der Waals surface area contributed by atoms with Crippen molar-refractivity contribution >= 4 is 18.4 Å². The van der Waals surface area contributed by atoms with Gasteiger partial charge in [0.2, 0.25) is 0 Å². The number of rotatable bonds is 4. The zero-order valence-corrected chi connectivity index (χ0v) is 14.2. The van der Waals surface area contributed by atoms with E-state index >= 15 is 0 Å². The highest BCUT2D eigenvalue weighted by Gasteiger charge is 2.50. The van der Waals surface area contributed by atoms with E-state index < -0.39 is 5.97 Å². The maximum Gasteiger partial charge on any atom is 0.308 e. The van der Waals surface area contributed by atoms with Crippen molar-refractivity contribution in [3.8, 4) is 5.75 Å². The van der Waals surface area contributed by atoms with Gasteiger partial charge in [-0.05, 0) is 30.5 Å². The number of carboxylic acids is 1. The lowest BCUT2D eigenvalue weighted by molar-refractivity contribution is -0.146. The van der Waals surface area contributed by atoms with Crippen LogP contribution in [0.5, 0.6) is 5.75 Å². The SMILES string of the molecule is COc1ccc(CN2CC(C(=O)O)C3(CCOCC3)C2)cc1.Cl. The molecular weight excluding hydrogens is 318 g/mol. The van der Waals surface area contributed by atoms with Gasteiger partial charge >= 0.3 is 5.97 Å². The Morgan fingerprint density at radius 2 is 2.00 bits per heavy atom. The molecule has 1 atom stereocenters. The van der Waals surface area contributed by atoms with Gasteiger partial charge < -0.3 is 14.6 Å². The fraction of sp³-hybridized carbons (Fsp3) is 0.588. The van der Waals surface area contributed by atoms with E-state index in [1.807, 2.05) is 24.3 Å². The molecule has 3 rings (SSSR count). The lowest BCUT2D eigenvalue weighted by Crippen LogP contribution is -2.40. The lowest BCUT2D eigenvalue weighted by atomic mass is 9.72. The van der Waals surface area contributed by atoms with Crippen LogP contribution in [-0.2, 0) is 16.1 Å². The quantitative estimate of drug-likeness (QED) is 0.911. The summed E-state index contributed by atoms with van der Waals surface area (Å²) in [4.78, 5) is 13.9. The third-order valence-corrected chi connectivity index (χ3v) is 5.07. The number of likely N-dealkylation sites (tertiary alicyclic amines) is 1. The molecular formula is C17H24ClNO4. The standard InChI is InChI=1S/C17H23NO4.ClH/c1-21-14-4-2-13(3-5-14)10-18-11-15(16(19)20)17(12-18)6-8-22-9-7-17;/h2-5,15H,6-12H2,1H3,(H,19,20);1H. The molecule has 2 aliphatic rings. The normalized spacial score (nSPS) is 23.4. The summed E-state index contributed by atoms with van der Waals surface area (Å²) in [5.41, 5.74) is 1.07. The molecule has 0 bridgehead atoms. The molecule has 0 radical (unpaired) electrons. The topological polar surface area (TPSA) is 59.0 Å². The fourth-order valence-corrected chi connectivity index (χ4v) is 3.81. The highest BCUT2D eigenvalue weighted by atomic mass is 35.5. The predicted molar refractivity (Wildman–Crippen MR) is 89.1 cm³/mol. The van der Waals surface area contributed by atoms with Gasteiger partial charge in [0.1, 0.15) is 5.75 Å². The Bertz CT molecular complexity index is 528. The van der Waals surface area contributed by atoms with E-state index in [1.165, 1.54) is 5.56 Å². The third kappa shape index (κ3) is 3.79. The van der Waals surface area contributed by atoms with E-state index in [0.717, 1.165) is 31.7 Å². The number of carboxylic acid groups (broad SMARTS) is 1. The van der Waals surface area contributed by atoms with Crippen molar-refractivity contribution in [2.45, 2.75) is 19.4 Å². The van der Waals surface area contributed by atoms with Gasteiger partial charge in [0.25, 0.3) is 0 Å². The zero-order chi connectivity index (χ0) is 15.6. The summed E-state index contributed by atoms with van der Waals surface area (Å²) < 4.78 is 10.6. The van der Waals surface area contributed by atoms with Gasteiger partial charge in [0, 0.05) is 38.3 Å². The average Bonchev–Trinajstić information content (AvgIpc) is 2.86. The van der Waals surface area contributed by atoms with E-state index in [1.54, 1.807) is 7.11 Å². The molecule has 0 aliphatic carbocycles. The molecule has 0 saturated carbocycles. The number of ether oxygens (including phenoxy) is 2. The van der Waals surface area contributed by atoms with Crippen molar-refractivity contribution in [2.75, 3.05) is 33.4 Å². The van der Waals surface area contributed by atoms with Gasteiger partial charge in [-0.1, -0.05) is 12.1 Å². The Hall–Kier alpha value is -1.30. The molecule has 1 N–H and O–H groups in total. The molecule has 2 aliphatic heterocycles. The maximum atomic E-state index is 11.7. The van der Waals surface area contributed by atoms with Crippen LogP contribution in [0.2, 0.25) is 0 Å². The van der Waals surface area contributed by atoms with Crippen LogP contribution in [0, 0.1) is 11.3 Å². The Morgan fingerprint density at radius 3 is 2.57 bits per heavy atom. The summed E-state index contributed by atoms with van der Waals surface area (Å²) >= 11 is 0. The van der Waals surface area contributed by atoms with E-state index in [9.17, 15) is 9.90 Å². The zero-order valence-electron chi connectivity index (χ0n) is 13.4. The molecule has 6 heteroatoms. The molecule has 2 heterocycles. The lowest BCUT2D eigenvalue weighted by Gasteiger charge is -2.36. The molecule has 1 unspecified atom stereocenters. The van der Waals surface area contributed by atoms with Gasteiger partial charge in [-0.2, -0.15) is 0 Å². The van der Waals surface area contributed by atoms with Gasteiger partial charge in [0.05, 0.1) is 13.0 Å². The summed E-state index contributed by atoms with van der Waals surface area (Å²) in [6.45, 7) is 3.62. The van der Waals surface area contributed by atoms with Crippen molar-refractivity contribution in [1.29, 1.82) is 0 Å². The van der Waals surface area contributed by atoms with Crippen LogP contribution < -0.4 is 4.74 Å². The second-order valence-electron chi connectivity index (χ2n) is 6.38. The average molecular weight is 342 g/mol. The maximum absolute atomic E-state index is 11.7. The summed E-state index contributed by atoms with van der Waals surface area (Å²) in [5.74, 6) is -0.108. The number of carbonyl (C=O) groups is 1. The minimum Gasteiger partial charge on any atom is -0.497 e. The summed E-state index contributed by atoms with van der Waals surface area (Å²) in [6.07, 6.45) is 1.70. The van der Waals surface area contributed by atoms with Gasteiger partial charge in [-0.15, -0.1) is 12.4 Å². The van der Waals surface area contributed by atoms with Crippen molar-refractivity contribution in [1.82, 2.24) is 4.90 Å². The van der Waals surface area contributed by atoms with E-state index in [0.29, 0.717) is 19.8 Å². The van der Waals surface area contributed by atoms with Crippen LogP contribution in [0.25, 0.3) is 0 Å². The second kappa shape index (κ2) is 7.51. The first-order valence-electron chi connectivity index (χ1n) is 7.79. The molecule has 23 heavy (non-hydrogen) atoms. The first-order chi connectivity index (χ1) is 10.6. The van der Waals surface area contributed by atoms with E-state index in [4.69, 9.17) is 9.47 Å². The van der Waals surface area contributed by atoms with Crippen molar-refractivity contribution < 1.29 is 19.4 Å². The number of nitrogens with zero attached hydrogens (tertiary/aromatic N) is 1. The molecule has 128 valence electrons. The Balaban J connectivity index is 0.00000192. The number of benzene rings is 1. The molecule has 5 nitrogen and oxygen atoms in total. The van der Waals surface area contributed by atoms with Crippen LogP contribution in [-0.4, -0.2) is 49.4 Å². The minimum atomic E-state index is -0.667. The number of hydrogen-bond donors (Lipinski definition) is 1. The Labute approximate surface area is 143 Å². The highest BCUT2D eigenvalue weighted by molar-refractivity contribution is 5.85. The van der Waals surface area contributed by atoms with Crippen LogP contribution in [0.3, 0.4) is 0 Å². The minimum absolute atomic E-state index is 0. The number of halogens is 1. The molecule has 1 spiro atoms. The molecule has 2 saturated heterocycles. The monoisotopic (exact) mass is 341 g/mol. The van der Waals surface area contributed by atoms with E-state index in [-0.39, 0.29) is 23.7 Å². The largest absolute Gasteiger partial charge is 0.497 e. The van der Waals surface area contributed by atoms with Crippen molar-refractivity contribution in [3.63, 3.8) is 0 Å². The summed E-state index contributed by atoms with van der Waals surface area (Å²) in [7, 11) is 1.65.